The molecular weight excluding hydrogens is 254 g/mol. The molecule has 1 heterocycles. The summed E-state index contributed by atoms with van der Waals surface area (Å²) in [5, 5.41) is 19.9. The molecule has 104 valence electrons. The van der Waals surface area contributed by atoms with Gasteiger partial charge in [0.25, 0.3) is 0 Å². The van der Waals surface area contributed by atoms with E-state index in [0.29, 0.717) is 6.54 Å². The summed E-state index contributed by atoms with van der Waals surface area (Å²) in [4.78, 5) is 0. The summed E-state index contributed by atoms with van der Waals surface area (Å²) in [6.07, 6.45) is 1.68. The first-order valence-electron chi connectivity index (χ1n) is 6.37. The molecule has 2 rings (SSSR count). The number of hydrogen-bond acceptors (Lipinski definition) is 5. The third-order valence-electron chi connectivity index (χ3n) is 3.00. The van der Waals surface area contributed by atoms with Gasteiger partial charge in [0.2, 0.25) is 0 Å². The second-order valence-electron chi connectivity index (χ2n) is 4.46. The van der Waals surface area contributed by atoms with Crippen molar-refractivity contribution in [2.24, 2.45) is 7.05 Å². The third kappa shape index (κ3) is 3.33. The minimum Gasteiger partial charge on any atom is -0.478 e. The monoisotopic (exact) mass is 271 g/mol. The lowest BCUT2D eigenvalue weighted by Gasteiger charge is -2.14. The molecule has 2 aromatic rings. The highest BCUT2D eigenvalue weighted by Crippen LogP contribution is 2.19. The lowest BCUT2D eigenvalue weighted by molar-refractivity contribution is 0.361. The molecule has 20 heavy (non-hydrogen) atoms. The number of hydrogen-bond donors (Lipinski definition) is 1. The Morgan fingerprint density at radius 2 is 2.25 bits per heavy atom. The molecule has 1 aromatic carbocycles. The molecule has 1 atom stereocenters. The lowest BCUT2D eigenvalue weighted by atomic mass is 10.2. The van der Waals surface area contributed by atoms with Crippen molar-refractivity contribution < 1.29 is 4.74 Å². The summed E-state index contributed by atoms with van der Waals surface area (Å²) in [7, 11) is 1.91. The number of aryl methyl sites for hydroxylation is 1. The van der Waals surface area contributed by atoms with Crippen molar-refractivity contribution in [3.63, 3.8) is 0 Å². The molecule has 1 aromatic heterocycles. The molecule has 6 nitrogen and oxygen atoms in total. The van der Waals surface area contributed by atoms with Crippen LogP contribution in [0, 0.1) is 11.3 Å². The first-order chi connectivity index (χ1) is 9.72. The van der Waals surface area contributed by atoms with Gasteiger partial charge in [-0.25, -0.2) is 0 Å². The molecule has 0 amide bonds. The summed E-state index contributed by atoms with van der Waals surface area (Å²) in [6.45, 7) is 2.72. The molecule has 0 saturated carbocycles. The van der Waals surface area contributed by atoms with Gasteiger partial charge < -0.3 is 14.6 Å². The third-order valence-corrected chi connectivity index (χ3v) is 3.00. The van der Waals surface area contributed by atoms with Crippen molar-refractivity contribution >= 4 is 0 Å². The Balaban J connectivity index is 2.00. The summed E-state index contributed by atoms with van der Waals surface area (Å²) in [5.41, 5.74) is 1.01. The Kier molecular flexibility index (Phi) is 4.69. The van der Waals surface area contributed by atoms with E-state index in [1.54, 1.807) is 6.33 Å². The van der Waals surface area contributed by atoms with Crippen molar-refractivity contribution in [3.8, 4) is 11.8 Å². The van der Waals surface area contributed by atoms with E-state index in [1.165, 1.54) is 0 Å². The number of nitriles is 1. The quantitative estimate of drug-likeness (QED) is 0.863. The van der Waals surface area contributed by atoms with E-state index in [0.717, 1.165) is 17.1 Å². The SMILES string of the molecule is CC(NCc1ccccc1OCC#N)c1nncn1C. The molecule has 0 radical (unpaired) electrons. The molecule has 0 saturated heterocycles. The maximum atomic E-state index is 8.58. The Hall–Kier alpha value is -2.39. The highest BCUT2D eigenvalue weighted by atomic mass is 16.5. The van der Waals surface area contributed by atoms with Gasteiger partial charge in [-0.2, -0.15) is 5.26 Å². The number of nitrogens with one attached hydrogen (secondary N) is 1. The molecule has 6 heteroatoms. The summed E-state index contributed by atoms with van der Waals surface area (Å²) in [5.74, 6) is 1.60. The van der Waals surface area contributed by atoms with Crippen LogP contribution in [0.1, 0.15) is 24.4 Å². The molecule has 0 aliphatic carbocycles. The van der Waals surface area contributed by atoms with Crippen LogP contribution in [0.4, 0.5) is 0 Å². The van der Waals surface area contributed by atoms with E-state index in [4.69, 9.17) is 10.00 Å². The lowest BCUT2D eigenvalue weighted by Crippen LogP contribution is -2.21. The van der Waals surface area contributed by atoms with E-state index in [-0.39, 0.29) is 12.6 Å². The van der Waals surface area contributed by atoms with E-state index in [2.05, 4.69) is 15.5 Å². The summed E-state index contributed by atoms with van der Waals surface area (Å²) < 4.78 is 7.28. The van der Waals surface area contributed by atoms with Crippen LogP contribution in [-0.2, 0) is 13.6 Å². The van der Waals surface area contributed by atoms with Crippen molar-refractivity contribution in [1.82, 2.24) is 20.1 Å². The van der Waals surface area contributed by atoms with Crippen LogP contribution in [0.3, 0.4) is 0 Å². The Morgan fingerprint density at radius 1 is 1.45 bits per heavy atom. The smallest absolute Gasteiger partial charge is 0.174 e. The molecule has 1 unspecified atom stereocenters. The number of aromatic nitrogens is 3. The predicted molar refractivity (Wildman–Crippen MR) is 73.8 cm³/mol. The number of rotatable bonds is 6. The van der Waals surface area contributed by atoms with Gasteiger partial charge in [0.05, 0.1) is 6.04 Å². The zero-order valence-corrected chi connectivity index (χ0v) is 11.6. The molecule has 0 aliphatic heterocycles. The van der Waals surface area contributed by atoms with Crippen molar-refractivity contribution in [3.05, 3.63) is 42.0 Å². The number of para-hydroxylation sites is 1. The van der Waals surface area contributed by atoms with Gasteiger partial charge in [-0.15, -0.1) is 10.2 Å². The van der Waals surface area contributed by atoms with E-state index in [1.807, 2.05) is 48.9 Å². The molecule has 0 bridgehead atoms. The van der Waals surface area contributed by atoms with E-state index < -0.39 is 0 Å². The number of ether oxygens (including phenoxy) is 1. The molecule has 0 spiro atoms. The van der Waals surface area contributed by atoms with E-state index >= 15 is 0 Å². The fourth-order valence-corrected chi connectivity index (χ4v) is 1.94. The van der Waals surface area contributed by atoms with Gasteiger partial charge in [0.15, 0.2) is 6.61 Å². The van der Waals surface area contributed by atoms with Crippen molar-refractivity contribution in [2.45, 2.75) is 19.5 Å². The molecule has 1 N–H and O–H groups in total. The average Bonchev–Trinajstić information content (AvgIpc) is 2.89. The predicted octanol–water partition coefficient (Wildman–Crippen LogP) is 1.57. The van der Waals surface area contributed by atoms with Gasteiger partial charge >= 0.3 is 0 Å². The maximum Gasteiger partial charge on any atom is 0.174 e. The fourth-order valence-electron chi connectivity index (χ4n) is 1.94. The fraction of sp³-hybridized carbons (Fsp3) is 0.357. The molecule has 0 aliphatic rings. The van der Waals surface area contributed by atoms with Crippen LogP contribution in [-0.4, -0.2) is 21.4 Å². The van der Waals surface area contributed by atoms with Crippen molar-refractivity contribution in [2.75, 3.05) is 6.61 Å². The summed E-state index contributed by atoms with van der Waals surface area (Å²) in [6, 6.07) is 9.73. The van der Waals surface area contributed by atoms with Gasteiger partial charge in [0.1, 0.15) is 24.0 Å². The van der Waals surface area contributed by atoms with Crippen LogP contribution >= 0.6 is 0 Å². The second kappa shape index (κ2) is 6.68. The first kappa shape index (κ1) is 14.0. The van der Waals surface area contributed by atoms with Crippen LogP contribution in [0.25, 0.3) is 0 Å². The average molecular weight is 271 g/mol. The largest absolute Gasteiger partial charge is 0.478 e. The highest BCUT2D eigenvalue weighted by Gasteiger charge is 2.11. The highest BCUT2D eigenvalue weighted by molar-refractivity contribution is 5.33. The van der Waals surface area contributed by atoms with E-state index in [9.17, 15) is 0 Å². The molecule has 0 fully saturated rings. The standard InChI is InChI=1S/C14H17N5O/c1-11(14-18-17-10-19(14)2)16-9-12-5-3-4-6-13(12)20-8-7-15/h3-6,10-11,16H,8-9H2,1-2H3. The van der Waals surface area contributed by atoms with Crippen molar-refractivity contribution in [1.29, 1.82) is 5.26 Å². The van der Waals surface area contributed by atoms with Crippen LogP contribution in [0.15, 0.2) is 30.6 Å². The zero-order valence-electron chi connectivity index (χ0n) is 11.6. The second-order valence-corrected chi connectivity index (χ2v) is 4.46. The van der Waals surface area contributed by atoms with Gasteiger partial charge in [-0.05, 0) is 13.0 Å². The van der Waals surface area contributed by atoms with Crippen LogP contribution in [0.5, 0.6) is 5.75 Å². The Morgan fingerprint density at radius 3 is 2.95 bits per heavy atom. The first-order valence-corrected chi connectivity index (χ1v) is 6.37. The summed E-state index contributed by atoms with van der Waals surface area (Å²) >= 11 is 0. The number of nitrogens with zero attached hydrogens (tertiary/aromatic N) is 4. The van der Waals surface area contributed by atoms with Gasteiger partial charge in [0, 0.05) is 19.2 Å². The molecular formula is C14H17N5O. The Bertz CT molecular complexity index is 602. The van der Waals surface area contributed by atoms with Crippen LogP contribution in [0.2, 0.25) is 0 Å². The van der Waals surface area contributed by atoms with Gasteiger partial charge in [-0.3, -0.25) is 0 Å². The Labute approximate surface area is 118 Å². The topological polar surface area (TPSA) is 75.8 Å². The normalized spacial score (nSPS) is 11.8. The minimum absolute atomic E-state index is 0.0514. The van der Waals surface area contributed by atoms with Crippen LogP contribution < -0.4 is 10.1 Å². The minimum atomic E-state index is 0.0514. The number of benzene rings is 1. The zero-order chi connectivity index (χ0) is 14.4. The van der Waals surface area contributed by atoms with Gasteiger partial charge in [-0.1, -0.05) is 18.2 Å². The maximum absolute atomic E-state index is 8.58.